The highest BCUT2D eigenvalue weighted by Crippen LogP contribution is 2.25. The van der Waals surface area contributed by atoms with Crippen molar-refractivity contribution in [2.24, 2.45) is 0 Å². The summed E-state index contributed by atoms with van der Waals surface area (Å²) in [5.74, 6) is 0.954. The van der Waals surface area contributed by atoms with Gasteiger partial charge in [-0.15, -0.1) is 0 Å². The highest BCUT2D eigenvalue weighted by Gasteiger charge is 2.16. The molecular weight excluding hydrogens is 270 g/mol. The van der Waals surface area contributed by atoms with Crippen molar-refractivity contribution in [1.29, 1.82) is 0 Å². The minimum absolute atomic E-state index is 0.130. The molecule has 1 fully saturated rings. The Bertz CT molecular complexity index is 534. The Balaban J connectivity index is 1.66. The van der Waals surface area contributed by atoms with Crippen LogP contribution in [0.3, 0.4) is 0 Å². The predicted octanol–water partition coefficient (Wildman–Crippen LogP) is 4.68. The van der Waals surface area contributed by atoms with E-state index in [4.69, 9.17) is 4.74 Å². The van der Waals surface area contributed by atoms with Gasteiger partial charge < -0.3 is 9.64 Å². The first-order valence-corrected chi connectivity index (χ1v) is 8.41. The lowest BCUT2D eigenvalue weighted by Crippen LogP contribution is -2.31. The van der Waals surface area contributed by atoms with Gasteiger partial charge in [-0.05, 0) is 43.6 Å². The van der Waals surface area contributed by atoms with Gasteiger partial charge in [-0.1, -0.05) is 55.0 Å². The summed E-state index contributed by atoms with van der Waals surface area (Å²) in [7, 11) is 0. The van der Waals surface area contributed by atoms with Crippen molar-refractivity contribution in [3.8, 4) is 5.75 Å². The lowest BCUT2D eigenvalue weighted by molar-refractivity contribution is 0.152. The van der Waals surface area contributed by atoms with Crippen LogP contribution in [0.2, 0.25) is 0 Å². The Morgan fingerprint density at radius 3 is 2.14 bits per heavy atom. The maximum Gasteiger partial charge on any atom is 0.125 e. The number of rotatable bonds is 6. The van der Waals surface area contributed by atoms with Gasteiger partial charge >= 0.3 is 0 Å². The van der Waals surface area contributed by atoms with Gasteiger partial charge in [0.1, 0.15) is 11.9 Å². The molecule has 2 heteroatoms. The number of para-hydroxylation sites is 1. The SMILES string of the molecule is c1ccc(OC(CCN2CCCCC2)c2ccccc2)cc1. The molecule has 0 spiro atoms. The molecule has 2 aromatic carbocycles. The van der Waals surface area contributed by atoms with Crippen LogP contribution >= 0.6 is 0 Å². The number of likely N-dealkylation sites (tertiary alicyclic amines) is 1. The average Bonchev–Trinajstić information content (AvgIpc) is 2.61. The van der Waals surface area contributed by atoms with Gasteiger partial charge in [0.25, 0.3) is 0 Å². The van der Waals surface area contributed by atoms with Crippen LogP contribution in [0.4, 0.5) is 0 Å². The maximum atomic E-state index is 6.26. The molecule has 2 nitrogen and oxygen atoms in total. The fourth-order valence-corrected chi connectivity index (χ4v) is 3.11. The molecule has 3 rings (SSSR count). The van der Waals surface area contributed by atoms with E-state index in [0.29, 0.717) is 0 Å². The first-order chi connectivity index (χ1) is 10.9. The van der Waals surface area contributed by atoms with E-state index in [9.17, 15) is 0 Å². The summed E-state index contributed by atoms with van der Waals surface area (Å²) in [5.41, 5.74) is 1.27. The van der Waals surface area contributed by atoms with E-state index in [0.717, 1.165) is 18.7 Å². The topological polar surface area (TPSA) is 12.5 Å². The Hall–Kier alpha value is -1.80. The van der Waals surface area contributed by atoms with Crippen molar-refractivity contribution in [2.45, 2.75) is 31.8 Å². The van der Waals surface area contributed by atoms with E-state index in [1.54, 1.807) is 0 Å². The van der Waals surface area contributed by atoms with Gasteiger partial charge in [-0.2, -0.15) is 0 Å². The fourth-order valence-electron chi connectivity index (χ4n) is 3.11. The molecule has 0 saturated carbocycles. The molecule has 0 aromatic heterocycles. The van der Waals surface area contributed by atoms with Crippen LogP contribution in [0.5, 0.6) is 5.75 Å². The second-order valence-corrected chi connectivity index (χ2v) is 6.02. The van der Waals surface area contributed by atoms with Crippen molar-refractivity contribution in [3.63, 3.8) is 0 Å². The number of benzene rings is 2. The summed E-state index contributed by atoms with van der Waals surface area (Å²) in [6.45, 7) is 3.60. The third kappa shape index (κ3) is 4.35. The van der Waals surface area contributed by atoms with Crippen LogP contribution in [0, 0.1) is 0 Å². The quantitative estimate of drug-likeness (QED) is 0.767. The van der Waals surface area contributed by atoms with Gasteiger partial charge in [0.15, 0.2) is 0 Å². The molecule has 1 saturated heterocycles. The molecule has 1 heterocycles. The normalized spacial score (nSPS) is 17.1. The molecule has 2 aromatic rings. The molecular formula is C20H25NO. The number of hydrogen-bond donors (Lipinski definition) is 0. The highest BCUT2D eigenvalue weighted by molar-refractivity contribution is 5.24. The van der Waals surface area contributed by atoms with Gasteiger partial charge in [0.05, 0.1) is 0 Å². The fraction of sp³-hybridized carbons (Fsp3) is 0.400. The zero-order valence-corrected chi connectivity index (χ0v) is 13.2. The summed E-state index contributed by atoms with van der Waals surface area (Å²) < 4.78 is 6.26. The highest BCUT2D eigenvalue weighted by atomic mass is 16.5. The number of piperidine rings is 1. The van der Waals surface area contributed by atoms with Crippen molar-refractivity contribution in [3.05, 3.63) is 66.2 Å². The maximum absolute atomic E-state index is 6.26. The third-order valence-corrected chi connectivity index (χ3v) is 4.35. The second kappa shape index (κ2) is 8.00. The average molecular weight is 295 g/mol. The monoisotopic (exact) mass is 295 g/mol. The predicted molar refractivity (Wildman–Crippen MR) is 91.2 cm³/mol. The van der Waals surface area contributed by atoms with Crippen LogP contribution in [-0.4, -0.2) is 24.5 Å². The van der Waals surface area contributed by atoms with Crippen molar-refractivity contribution < 1.29 is 4.74 Å². The minimum atomic E-state index is 0.130. The summed E-state index contributed by atoms with van der Waals surface area (Å²) >= 11 is 0. The minimum Gasteiger partial charge on any atom is -0.486 e. The molecule has 1 atom stereocenters. The largest absolute Gasteiger partial charge is 0.486 e. The summed E-state index contributed by atoms with van der Waals surface area (Å²) in [4.78, 5) is 2.58. The zero-order valence-electron chi connectivity index (χ0n) is 13.2. The molecule has 1 aliphatic rings. The lowest BCUT2D eigenvalue weighted by atomic mass is 10.0. The molecule has 0 bridgehead atoms. The molecule has 0 amide bonds. The lowest BCUT2D eigenvalue weighted by Gasteiger charge is -2.28. The van der Waals surface area contributed by atoms with E-state index in [1.807, 2.05) is 30.3 Å². The molecule has 1 aliphatic heterocycles. The smallest absolute Gasteiger partial charge is 0.125 e. The summed E-state index contributed by atoms with van der Waals surface area (Å²) in [6.07, 6.45) is 5.24. The number of hydrogen-bond acceptors (Lipinski definition) is 2. The molecule has 0 N–H and O–H groups in total. The summed E-state index contributed by atoms with van der Waals surface area (Å²) in [6, 6.07) is 20.8. The first kappa shape index (κ1) is 15.1. The first-order valence-electron chi connectivity index (χ1n) is 8.41. The molecule has 116 valence electrons. The van der Waals surface area contributed by atoms with Crippen molar-refractivity contribution in [2.75, 3.05) is 19.6 Å². The van der Waals surface area contributed by atoms with E-state index in [-0.39, 0.29) is 6.10 Å². The number of ether oxygens (including phenoxy) is 1. The van der Waals surface area contributed by atoms with Crippen LogP contribution in [0.25, 0.3) is 0 Å². The Kier molecular flexibility index (Phi) is 5.49. The van der Waals surface area contributed by atoms with Crippen LogP contribution in [0.1, 0.15) is 37.4 Å². The van der Waals surface area contributed by atoms with Crippen LogP contribution in [-0.2, 0) is 0 Å². The third-order valence-electron chi connectivity index (χ3n) is 4.35. The Labute approximate surface area is 133 Å². The van der Waals surface area contributed by atoms with Crippen LogP contribution in [0.15, 0.2) is 60.7 Å². The van der Waals surface area contributed by atoms with Gasteiger partial charge in [-0.3, -0.25) is 0 Å². The molecule has 1 unspecified atom stereocenters. The van der Waals surface area contributed by atoms with E-state index >= 15 is 0 Å². The molecule has 22 heavy (non-hydrogen) atoms. The van der Waals surface area contributed by atoms with E-state index in [1.165, 1.54) is 37.9 Å². The van der Waals surface area contributed by atoms with Gasteiger partial charge in [0.2, 0.25) is 0 Å². The van der Waals surface area contributed by atoms with Crippen molar-refractivity contribution in [1.82, 2.24) is 4.90 Å². The summed E-state index contributed by atoms with van der Waals surface area (Å²) in [5, 5.41) is 0. The number of nitrogens with zero attached hydrogens (tertiary/aromatic N) is 1. The second-order valence-electron chi connectivity index (χ2n) is 6.02. The van der Waals surface area contributed by atoms with Crippen LogP contribution < -0.4 is 4.74 Å². The van der Waals surface area contributed by atoms with Crippen molar-refractivity contribution >= 4 is 0 Å². The molecule has 0 radical (unpaired) electrons. The van der Waals surface area contributed by atoms with E-state index < -0.39 is 0 Å². The van der Waals surface area contributed by atoms with Gasteiger partial charge in [-0.25, -0.2) is 0 Å². The van der Waals surface area contributed by atoms with E-state index in [2.05, 4.69) is 35.2 Å². The van der Waals surface area contributed by atoms with Gasteiger partial charge in [0, 0.05) is 13.0 Å². The zero-order chi connectivity index (χ0) is 15.0. The molecule has 0 aliphatic carbocycles. The standard InChI is InChI=1S/C20H25NO/c1-4-10-18(11-5-1)20(22-19-12-6-2-7-13-19)14-17-21-15-8-3-9-16-21/h1-2,4-7,10-13,20H,3,8-9,14-17H2. The Morgan fingerprint density at radius 1 is 0.818 bits per heavy atom. The Morgan fingerprint density at radius 2 is 1.45 bits per heavy atom.